The Balaban J connectivity index is 1.38. The average molecular weight is 467 g/mol. The van der Waals surface area contributed by atoms with Gasteiger partial charge in [0.2, 0.25) is 0 Å². The van der Waals surface area contributed by atoms with E-state index >= 15 is 0 Å². The summed E-state index contributed by atoms with van der Waals surface area (Å²) in [4.78, 5) is 4.58. The molecule has 0 spiro atoms. The lowest BCUT2D eigenvalue weighted by molar-refractivity contribution is 0.146. The van der Waals surface area contributed by atoms with Gasteiger partial charge < -0.3 is 15.1 Å². The average Bonchev–Trinajstić information content (AvgIpc) is 3.39. The molecule has 1 aliphatic heterocycles. The summed E-state index contributed by atoms with van der Waals surface area (Å²) >= 11 is 0. The predicted molar refractivity (Wildman–Crippen MR) is 126 cm³/mol. The number of rotatable bonds is 6. The van der Waals surface area contributed by atoms with Gasteiger partial charge in [0.1, 0.15) is 5.82 Å². The van der Waals surface area contributed by atoms with Crippen molar-refractivity contribution in [1.29, 1.82) is 0 Å². The molecule has 0 aliphatic carbocycles. The fourth-order valence-electron chi connectivity index (χ4n) is 4.38. The highest BCUT2D eigenvalue weighted by Gasteiger charge is 2.21. The smallest absolute Gasteiger partial charge is 0.266 e. The minimum atomic E-state index is -2.87. The van der Waals surface area contributed by atoms with E-state index in [1.807, 2.05) is 30.6 Å². The third kappa shape index (κ3) is 4.23. The van der Waals surface area contributed by atoms with Gasteiger partial charge in [-0.1, -0.05) is 18.2 Å². The number of fused-ring (bicyclic) bond motifs is 1. The molecule has 10 heteroatoms. The summed E-state index contributed by atoms with van der Waals surface area (Å²) in [6.45, 7) is 5.17. The monoisotopic (exact) mass is 467 g/mol. The molecule has 2 aromatic heterocycles. The number of piperazine rings is 1. The van der Waals surface area contributed by atoms with Crippen LogP contribution in [0, 0.1) is 5.82 Å². The number of alkyl halides is 2. The molecule has 1 fully saturated rings. The van der Waals surface area contributed by atoms with Crippen LogP contribution in [0.3, 0.4) is 0 Å². The summed E-state index contributed by atoms with van der Waals surface area (Å²) in [7, 11) is 0. The number of hydrogen-bond donors (Lipinski definition) is 2. The van der Waals surface area contributed by atoms with Crippen LogP contribution in [0.2, 0.25) is 0 Å². The van der Waals surface area contributed by atoms with Crippen LogP contribution in [0.5, 0.6) is 0 Å². The third-order valence-corrected chi connectivity index (χ3v) is 6.25. The molecule has 1 atom stereocenters. The van der Waals surface area contributed by atoms with Crippen LogP contribution in [0.25, 0.3) is 10.9 Å². The van der Waals surface area contributed by atoms with Crippen LogP contribution in [0.1, 0.15) is 30.5 Å². The lowest BCUT2D eigenvalue weighted by Crippen LogP contribution is -2.46. The van der Waals surface area contributed by atoms with Crippen molar-refractivity contribution in [2.75, 3.05) is 41.3 Å². The van der Waals surface area contributed by atoms with E-state index < -0.39 is 23.8 Å². The molecule has 1 aliphatic rings. The van der Waals surface area contributed by atoms with Crippen molar-refractivity contribution in [3.8, 4) is 0 Å². The second-order valence-corrected chi connectivity index (χ2v) is 8.31. The maximum atomic E-state index is 14.7. The Morgan fingerprint density at radius 1 is 0.971 bits per heavy atom. The molecule has 2 aromatic carbocycles. The molecule has 4 aromatic rings. The Labute approximate surface area is 194 Å². The van der Waals surface area contributed by atoms with E-state index in [0.717, 1.165) is 49.0 Å². The Bertz CT molecular complexity index is 1270. The Kier molecular flexibility index (Phi) is 5.95. The highest BCUT2D eigenvalue weighted by Crippen LogP contribution is 2.32. The second kappa shape index (κ2) is 9.20. The van der Waals surface area contributed by atoms with Crippen LogP contribution in [0.4, 0.5) is 30.2 Å². The van der Waals surface area contributed by atoms with Crippen molar-refractivity contribution in [2.24, 2.45) is 0 Å². The molecule has 1 saturated heterocycles. The van der Waals surface area contributed by atoms with Gasteiger partial charge in [-0.05, 0) is 25.1 Å². The largest absolute Gasteiger partial charge is 0.377 e. The summed E-state index contributed by atoms with van der Waals surface area (Å²) in [6, 6.07) is 9.49. The van der Waals surface area contributed by atoms with Gasteiger partial charge in [-0.2, -0.15) is 15.3 Å². The number of anilines is 3. The summed E-state index contributed by atoms with van der Waals surface area (Å²) < 4.78 is 40.9. The minimum absolute atomic E-state index is 0.175. The Morgan fingerprint density at radius 3 is 2.41 bits per heavy atom. The number of halogens is 3. The molecule has 0 unspecified atom stereocenters. The second-order valence-electron chi connectivity index (χ2n) is 8.31. The van der Waals surface area contributed by atoms with Gasteiger partial charge in [-0.15, -0.1) is 0 Å². The standard InChI is InChI=1S/C24H24F3N7/c1-15(18-3-2-4-19(23(18)25)24(26)27)31-22-14-30-32-21-6-5-16(11-20(21)22)33-7-9-34(10-8-33)17-12-28-29-13-17/h2-6,11-15,24H,7-10H2,1H3,(H,28,29)(H,31,32)/t15-/m1/s1. The number of aromatic amines is 1. The highest BCUT2D eigenvalue weighted by atomic mass is 19.3. The van der Waals surface area contributed by atoms with Crippen molar-refractivity contribution < 1.29 is 13.2 Å². The Morgan fingerprint density at radius 2 is 1.71 bits per heavy atom. The zero-order valence-electron chi connectivity index (χ0n) is 18.5. The van der Waals surface area contributed by atoms with Gasteiger partial charge in [0.15, 0.2) is 0 Å². The summed E-state index contributed by atoms with van der Waals surface area (Å²) in [5.41, 5.74) is 3.07. The van der Waals surface area contributed by atoms with E-state index in [0.29, 0.717) is 11.2 Å². The van der Waals surface area contributed by atoms with Gasteiger partial charge in [-0.25, -0.2) is 13.2 Å². The number of benzene rings is 2. The number of nitrogens with one attached hydrogen (secondary N) is 2. The summed E-state index contributed by atoms with van der Waals surface area (Å²) in [5.74, 6) is -0.889. The van der Waals surface area contributed by atoms with Gasteiger partial charge in [0.25, 0.3) is 6.43 Å². The first-order chi connectivity index (χ1) is 16.5. The molecule has 5 rings (SSSR count). The fraction of sp³-hybridized carbons (Fsp3) is 0.292. The van der Waals surface area contributed by atoms with Gasteiger partial charge >= 0.3 is 0 Å². The first kappa shape index (κ1) is 22.0. The van der Waals surface area contributed by atoms with E-state index in [-0.39, 0.29) is 5.56 Å². The van der Waals surface area contributed by atoms with Gasteiger partial charge in [0.05, 0.1) is 40.9 Å². The maximum absolute atomic E-state index is 14.7. The molecule has 2 N–H and O–H groups in total. The zero-order valence-corrected chi connectivity index (χ0v) is 18.5. The maximum Gasteiger partial charge on any atom is 0.266 e. The van der Waals surface area contributed by atoms with Gasteiger partial charge in [0, 0.05) is 49.0 Å². The van der Waals surface area contributed by atoms with Crippen LogP contribution in [-0.4, -0.2) is 46.6 Å². The van der Waals surface area contributed by atoms with E-state index in [2.05, 4.69) is 35.5 Å². The van der Waals surface area contributed by atoms with Crippen molar-refractivity contribution >= 4 is 28.0 Å². The Hall–Kier alpha value is -3.82. The molecule has 7 nitrogen and oxygen atoms in total. The lowest BCUT2D eigenvalue weighted by atomic mass is 10.0. The molecular formula is C24H24F3N7. The predicted octanol–water partition coefficient (Wildman–Crippen LogP) is 4.93. The molecule has 0 amide bonds. The van der Waals surface area contributed by atoms with Crippen LogP contribution in [0.15, 0.2) is 55.0 Å². The molecule has 0 saturated carbocycles. The molecule has 34 heavy (non-hydrogen) atoms. The van der Waals surface area contributed by atoms with Crippen LogP contribution >= 0.6 is 0 Å². The van der Waals surface area contributed by atoms with Crippen molar-refractivity contribution in [2.45, 2.75) is 19.4 Å². The molecular weight excluding hydrogens is 443 g/mol. The SMILES string of the molecule is C[C@@H](Nc1cnnc2ccc(N3CCN(c4cn[nH]c4)CC3)cc12)c1cccc(C(F)F)c1F. The highest BCUT2D eigenvalue weighted by molar-refractivity contribution is 5.93. The zero-order chi connectivity index (χ0) is 23.7. The van der Waals surface area contributed by atoms with Crippen LogP contribution < -0.4 is 15.1 Å². The summed E-state index contributed by atoms with van der Waals surface area (Å²) in [5, 5.41) is 19.2. The lowest BCUT2D eigenvalue weighted by Gasteiger charge is -2.36. The van der Waals surface area contributed by atoms with E-state index in [9.17, 15) is 13.2 Å². The van der Waals surface area contributed by atoms with E-state index in [4.69, 9.17) is 0 Å². The summed E-state index contributed by atoms with van der Waals surface area (Å²) in [6.07, 6.45) is 2.42. The van der Waals surface area contributed by atoms with E-state index in [1.54, 1.807) is 13.1 Å². The normalized spacial score (nSPS) is 15.2. The molecule has 3 heterocycles. The topological polar surface area (TPSA) is 73.0 Å². The number of H-pyrrole nitrogens is 1. The molecule has 0 bridgehead atoms. The quantitative estimate of drug-likeness (QED) is 0.419. The van der Waals surface area contributed by atoms with Gasteiger partial charge in [-0.3, -0.25) is 5.10 Å². The third-order valence-electron chi connectivity index (χ3n) is 6.25. The van der Waals surface area contributed by atoms with Crippen LogP contribution in [-0.2, 0) is 0 Å². The molecule has 176 valence electrons. The first-order valence-corrected chi connectivity index (χ1v) is 11.1. The fourth-order valence-corrected chi connectivity index (χ4v) is 4.38. The van der Waals surface area contributed by atoms with Crippen molar-refractivity contribution in [3.63, 3.8) is 0 Å². The van der Waals surface area contributed by atoms with Crippen molar-refractivity contribution in [1.82, 2.24) is 20.4 Å². The number of hydrogen-bond acceptors (Lipinski definition) is 6. The van der Waals surface area contributed by atoms with Crippen molar-refractivity contribution in [3.05, 3.63) is 71.9 Å². The van der Waals surface area contributed by atoms with E-state index in [1.165, 1.54) is 12.1 Å². The minimum Gasteiger partial charge on any atom is -0.377 e. The first-order valence-electron chi connectivity index (χ1n) is 11.1. The molecule has 0 radical (unpaired) electrons. The number of nitrogens with zero attached hydrogens (tertiary/aromatic N) is 5. The number of aromatic nitrogens is 4.